The number of ether oxygens (including phenoxy) is 3. The maximum atomic E-state index is 12.7. The molecule has 0 aromatic heterocycles. The van der Waals surface area contributed by atoms with Crippen LogP contribution in [0.4, 0.5) is 0 Å². The highest BCUT2D eigenvalue weighted by atomic mass is 16.6. The molecule has 0 amide bonds. The summed E-state index contributed by atoms with van der Waals surface area (Å²) in [6, 6.07) is 0. The first kappa shape index (κ1) is 53.4. The average Bonchev–Trinajstić information content (AvgIpc) is 3.15. The number of hydrogen-bond donors (Lipinski definition) is 0. The summed E-state index contributed by atoms with van der Waals surface area (Å²) < 4.78 is 16.7. The summed E-state index contributed by atoms with van der Waals surface area (Å²) in [6.45, 7) is 11.3. The third-order valence-electron chi connectivity index (χ3n) is 11.0. The van der Waals surface area contributed by atoms with Gasteiger partial charge in [-0.1, -0.05) is 227 Å². The van der Waals surface area contributed by atoms with E-state index in [9.17, 15) is 14.4 Å². The monoisotopic (exact) mass is 779 g/mol. The predicted octanol–water partition coefficient (Wildman–Crippen LogP) is 15.4. The number of carbonyl (C=O) groups is 3. The summed E-state index contributed by atoms with van der Waals surface area (Å²) in [6.07, 6.45) is 40.9. The van der Waals surface area contributed by atoms with Gasteiger partial charge in [-0.25, -0.2) is 0 Å². The van der Waals surface area contributed by atoms with Crippen LogP contribution in [0.2, 0.25) is 0 Å². The third kappa shape index (κ3) is 43.4. The zero-order valence-electron chi connectivity index (χ0n) is 37.6. The molecule has 0 aliphatic carbocycles. The first-order valence-electron chi connectivity index (χ1n) is 24.2. The lowest BCUT2D eigenvalue weighted by Crippen LogP contribution is -2.30. The minimum Gasteiger partial charge on any atom is -0.462 e. The Morgan fingerprint density at radius 1 is 0.345 bits per heavy atom. The maximum Gasteiger partial charge on any atom is 0.306 e. The van der Waals surface area contributed by atoms with Crippen molar-refractivity contribution in [3.05, 3.63) is 0 Å². The third-order valence-corrected chi connectivity index (χ3v) is 11.0. The van der Waals surface area contributed by atoms with Gasteiger partial charge in [0.1, 0.15) is 13.2 Å². The molecular formula is C49H94O6. The number of rotatable bonds is 43. The predicted molar refractivity (Wildman–Crippen MR) is 233 cm³/mol. The van der Waals surface area contributed by atoms with Gasteiger partial charge >= 0.3 is 17.9 Å². The topological polar surface area (TPSA) is 78.9 Å². The number of hydrogen-bond acceptors (Lipinski definition) is 6. The number of unbranched alkanes of at least 4 members (excludes halogenated alkanes) is 28. The van der Waals surface area contributed by atoms with Gasteiger partial charge in [0, 0.05) is 19.3 Å². The van der Waals surface area contributed by atoms with Crippen molar-refractivity contribution in [2.24, 2.45) is 11.8 Å². The van der Waals surface area contributed by atoms with Crippen molar-refractivity contribution < 1.29 is 28.6 Å². The van der Waals surface area contributed by atoms with Gasteiger partial charge in [0.15, 0.2) is 6.10 Å². The van der Waals surface area contributed by atoms with Crippen LogP contribution < -0.4 is 0 Å². The van der Waals surface area contributed by atoms with Gasteiger partial charge in [-0.3, -0.25) is 14.4 Å². The van der Waals surface area contributed by atoms with Gasteiger partial charge in [-0.15, -0.1) is 0 Å². The van der Waals surface area contributed by atoms with Crippen LogP contribution in [0.25, 0.3) is 0 Å². The van der Waals surface area contributed by atoms with Gasteiger partial charge in [0.05, 0.1) is 0 Å². The normalized spacial score (nSPS) is 12.1. The molecule has 0 aliphatic heterocycles. The zero-order valence-corrected chi connectivity index (χ0v) is 37.6. The summed E-state index contributed by atoms with van der Waals surface area (Å²) >= 11 is 0. The molecule has 0 aromatic rings. The molecular weight excluding hydrogens is 685 g/mol. The molecule has 0 radical (unpaired) electrons. The van der Waals surface area contributed by atoms with E-state index in [1.54, 1.807) is 0 Å². The Balaban J connectivity index is 4.30. The Kier molecular flexibility index (Phi) is 40.8. The minimum atomic E-state index is -0.760. The molecule has 0 N–H and O–H groups in total. The number of carbonyl (C=O) groups excluding carboxylic acids is 3. The van der Waals surface area contributed by atoms with E-state index in [0.29, 0.717) is 19.3 Å². The van der Waals surface area contributed by atoms with Gasteiger partial charge < -0.3 is 14.2 Å². The summed E-state index contributed by atoms with van der Waals surface area (Å²) in [7, 11) is 0. The van der Waals surface area contributed by atoms with Crippen LogP contribution in [0.1, 0.15) is 266 Å². The molecule has 326 valence electrons. The minimum absolute atomic E-state index is 0.0644. The van der Waals surface area contributed by atoms with Crippen molar-refractivity contribution in [1.82, 2.24) is 0 Å². The summed E-state index contributed by atoms with van der Waals surface area (Å²) in [4.78, 5) is 37.8. The molecule has 0 unspecified atom stereocenters. The Morgan fingerprint density at radius 3 is 0.891 bits per heavy atom. The Hall–Kier alpha value is -1.59. The second-order valence-electron chi connectivity index (χ2n) is 17.7. The molecule has 0 bridgehead atoms. The second-order valence-corrected chi connectivity index (χ2v) is 17.7. The molecule has 0 fully saturated rings. The van der Waals surface area contributed by atoms with E-state index in [0.717, 1.165) is 69.6 Å². The van der Waals surface area contributed by atoms with E-state index in [4.69, 9.17) is 14.2 Å². The van der Waals surface area contributed by atoms with Crippen molar-refractivity contribution in [3.63, 3.8) is 0 Å². The van der Waals surface area contributed by atoms with E-state index < -0.39 is 6.10 Å². The molecule has 0 aliphatic rings. The van der Waals surface area contributed by atoms with Crippen LogP contribution in [0, 0.1) is 11.8 Å². The highest BCUT2D eigenvalue weighted by Gasteiger charge is 2.19. The number of esters is 3. The Bertz CT molecular complexity index is 839. The molecule has 1 atom stereocenters. The molecule has 6 heteroatoms. The average molecular weight is 779 g/mol. The smallest absolute Gasteiger partial charge is 0.306 e. The fourth-order valence-corrected chi connectivity index (χ4v) is 7.28. The van der Waals surface area contributed by atoms with Crippen LogP contribution >= 0.6 is 0 Å². The van der Waals surface area contributed by atoms with Crippen LogP contribution in [0.3, 0.4) is 0 Å². The quantitative estimate of drug-likeness (QED) is 0.0348. The SMILES string of the molecule is CCCCCCCCCCCC(=O)OC[C@@H](COC(=O)CCCCCCCCCCCCCC(C)C)OC(=O)CCCCCCCCCCCCCC(C)C. The fourth-order valence-electron chi connectivity index (χ4n) is 7.28. The van der Waals surface area contributed by atoms with Crippen molar-refractivity contribution >= 4 is 17.9 Å². The maximum absolute atomic E-state index is 12.7. The molecule has 0 spiro atoms. The van der Waals surface area contributed by atoms with Crippen LogP contribution in [0.15, 0.2) is 0 Å². The van der Waals surface area contributed by atoms with Gasteiger partial charge in [0.2, 0.25) is 0 Å². The van der Waals surface area contributed by atoms with Gasteiger partial charge in [-0.2, -0.15) is 0 Å². The Labute approximate surface area is 342 Å². The summed E-state index contributed by atoms with van der Waals surface area (Å²) in [5, 5.41) is 0. The summed E-state index contributed by atoms with van der Waals surface area (Å²) in [5.41, 5.74) is 0. The molecule has 0 saturated heterocycles. The van der Waals surface area contributed by atoms with Crippen LogP contribution in [-0.2, 0) is 28.6 Å². The molecule has 6 nitrogen and oxygen atoms in total. The van der Waals surface area contributed by atoms with E-state index in [2.05, 4.69) is 34.6 Å². The van der Waals surface area contributed by atoms with Crippen molar-refractivity contribution in [3.8, 4) is 0 Å². The van der Waals surface area contributed by atoms with Crippen molar-refractivity contribution in [2.75, 3.05) is 13.2 Å². The van der Waals surface area contributed by atoms with Gasteiger partial charge in [0.25, 0.3) is 0 Å². The summed E-state index contributed by atoms with van der Waals surface area (Å²) in [5.74, 6) is 0.797. The fraction of sp³-hybridized carbons (Fsp3) is 0.939. The van der Waals surface area contributed by atoms with E-state index in [-0.39, 0.29) is 31.1 Å². The lowest BCUT2D eigenvalue weighted by Gasteiger charge is -2.18. The van der Waals surface area contributed by atoms with Crippen LogP contribution in [0.5, 0.6) is 0 Å². The second kappa shape index (κ2) is 42.0. The first-order chi connectivity index (χ1) is 26.7. The molecule has 0 saturated carbocycles. The van der Waals surface area contributed by atoms with E-state index in [1.165, 1.54) is 154 Å². The highest BCUT2D eigenvalue weighted by Crippen LogP contribution is 2.17. The molecule has 0 aromatic carbocycles. The molecule has 55 heavy (non-hydrogen) atoms. The van der Waals surface area contributed by atoms with Crippen LogP contribution in [-0.4, -0.2) is 37.2 Å². The van der Waals surface area contributed by atoms with Gasteiger partial charge in [-0.05, 0) is 31.1 Å². The largest absolute Gasteiger partial charge is 0.462 e. The zero-order chi connectivity index (χ0) is 40.5. The lowest BCUT2D eigenvalue weighted by atomic mass is 10.0. The highest BCUT2D eigenvalue weighted by molar-refractivity contribution is 5.71. The molecule has 0 heterocycles. The van der Waals surface area contributed by atoms with E-state index in [1.807, 2.05) is 0 Å². The molecule has 0 rings (SSSR count). The van der Waals surface area contributed by atoms with E-state index >= 15 is 0 Å². The standard InChI is InChI=1S/C49H94O6/c1-6-7-8-9-10-17-24-29-34-39-47(50)53-42-46(55-49(52)41-36-31-26-21-16-12-14-19-23-28-33-38-45(4)5)43-54-48(51)40-35-30-25-20-15-11-13-18-22-27-32-37-44(2)3/h44-46H,6-43H2,1-5H3/t46-/m0/s1. The lowest BCUT2D eigenvalue weighted by molar-refractivity contribution is -0.167. The Morgan fingerprint density at radius 2 is 0.600 bits per heavy atom. The van der Waals surface area contributed by atoms with Crippen molar-refractivity contribution in [1.29, 1.82) is 0 Å². The van der Waals surface area contributed by atoms with Crippen molar-refractivity contribution in [2.45, 2.75) is 272 Å². The first-order valence-corrected chi connectivity index (χ1v) is 24.2.